The number of nitrogens with zero attached hydrogens (tertiary/aromatic N) is 3. The first-order valence-electron chi connectivity index (χ1n) is 10.0. The number of sulfonamides is 1. The van der Waals surface area contributed by atoms with E-state index in [1.165, 1.54) is 4.31 Å². The van der Waals surface area contributed by atoms with Crippen LogP contribution in [0.15, 0.2) is 41.3 Å². The second-order valence-corrected chi connectivity index (χ2v) is 9.98. The summed E-state index contributed by atoms with van der Waals surface area (Å²) in [5.74, 6) is -0.530. The molecule has 0 unspecified atom stereocenters. The fourth-order valence-electron chi connectivity index (χ4n) is 3.93. The van der Waals surface area contributed by atoms with Gasteiger partial charge in [-0.15, -0.1) is 0 Å². The number of amides is 1. The lowest BCUT2D eigenvalue weighted by atomic mass is 9.98. The van der Waals surface area contributed by atoms with Crippen LogP contribution < -0.4 is 5.32 Å². The van der Waals surface area contributed by atoms with Crippen molar-refractivity contribution in [2.45, 2.75) is 38.0 Å². The zero-order valence-corrected chi connectivity index (χ0v) is 18.6. The molecule has 2 heterocycles. The molecular formula is C21H24N4O3S2. The molecule has 4 rings (SSSR count). The van der Waals surface area contributed by atoms with Crippen molar-refractivity contribution in [3.8, 4) is 0 Å². The third-order valence-corrected chi connectivity index (χ3v) is 8.05. The smallest absolute Gasteiger partial charge is 0.245 e. The lowest BCUT2D eigenvalue weighted by Crippen LogP contribution is -2.43. The number of fused-ring (bicyclic) bond motifs is 1. The maximum atomic E-state index is 13.3. The number of anilines is 1. The molecule has 7 nitrogen and oxygen atoms in total. The normalized spacial score (nSPS) is 17.9. The summed E-state index contributed by atoms with van der Waals surface area (Å²) in [4.78, 5) is 13.2. The number of hydrogen-bond acceptors (Lipinski definition) is 6. The highest BCUT2D eigenvalue weighted by Crippen LogP contribution is 2.29. The zero-order chi connectivity index (χ0) is 21.3. The predicted molar refractivity (Wildman–Crippen MR) is 118 cm³/mol. The van der Waals surface area contributed by atoms with E-state index in [1.54, 1.807) is 18.2 Å². The first kappa shape index (κ1) is 20.9. The molecule has 0 spiro atoms. The number of carbonyl (C=O) groups excluding carboxylic acids is 1. The maximum absolute atomic E-state index is 13.3. The van der Waals surface area contributed by atoms with Crippen LogP contribution in [-0.4, -0.2) is 40.5 Å². The Labute approximate surface area is 180 Å². The lowest BCUT2D eigenvalue weighted by Gasteiger charge is -2.31. The van der Waals surface area contributed by atoms with E-state index < -0.39 is 15.9 Å². The average Bonchev–Trinajstić information content (AvgIpc) is 3.24. The van der Waals surface area contributed by atoms with E-state index in [9.17, 15) is 13.2 Å². The maximum Gasteiger partial charge on any atom is 0.245 e. The van der Waals surface area contributed by atoms with Crippen LogP contribution >= 0.6 is 11.7 Å². The molecule has 1 saturated heterocycles. The summed E-state index contributed by atoms with van der Waals surface area (Å²) in [7, 11) is -3.76. The number of nitrogens with one attached hydrogen (secondary N) is 1. The van der Waals surface area contributed by atoms with Crippen LogP contribution in [-0.2, 0) is 21.2 Å². The Morgan fingerprint density at radius 1 is 1.23 bits per heavy atom. The van der Waals surface area contributed by atoms with E-state index in [0.717, 1.165) is 35.0 Å². The van der Waals surface area contributed by atoms with Gasteiger partial charge in [-0.25, -0.2) is 8.42 Å². The summed E-state index contributed by atoms with van der Waals surface area (Å²) < 4.78 is 36.3. The number of aromatic nitrogens is 2. The van der Waals surface area contributed by atoms with E-state index in [2.05, 4.69) is 14.1 Å². The Morgan fingerprint density at radius 2 is 2.03 bits per heavy atom. The highest BCUT2D eigenvalue weighted by molar-refractivity contribution is 7.89. The molecule has 158 valence electrons. The summed E-state index contributed by atoms with van der Waals surface area (Å²) in [6.07, 6.45) is 2.11. The van der Waals surface area contributed by atoms with Crippen molar-refractivity contribution in [2.75, 3.05) is 18.4 Å². The lowest BCUT2D eigenvalue weighted by molar-refractivity contribution is -0.120. The number of piperidine rings is 1. The van der Waals surface area contributed by atoms with Crippen molar-refractivity contribution in [1.82, 2.24) is 13.1 Å². The fraction of sp³-hybridized carbons (Fsp3) is 0.381. The van der Waals surface area contributed by atoms with Crippen molar-refractivity contribution in [3.05, 3.63) is 47.5 Å². The number of rotatable bonds is 5. The molecule has 1 aliphatic rings. The third-order valence-electron chi connectivity index (χ3n) is 5.61. The van der Waals surface area contributed by atoms with Crippen molar-refractivity contribution in [2.24, 2.45) is 5.92 Å². The van der Waals surface area contributed by atoms with E-state index in [-0.39, 0.29) is 17.3 Å². The van der Waals surface area contributed by atoms with Gasteiger partial charge < -0.3 is 5.32 Å². The van der Waals surface area contributed by atoms with Gasteiger partial charge >= 0.3 is 0 Å². The van der Waals surface area contributed by atoms with Crippen LogP contribution in [0.1, 0.15) is 30.9 Å². The molecule has 0 aliphatic carbocycles. The van der Waals surface area contributed by atoms with Gasteiger partial charge in [0.25, 0.3) is 0 Å². The second-order valence-electron chi connectivity index (χ2n) is 7.54. The van der Waals surface area contributed by atoms with Gasteiger partial charge in [0.2, 0.25) is 15.9 Å². The highest BCUT2D eigenvalue weighted by Gasteiger charge is 2.35. The molecule has 1 aromatic heterocycles. The molecule has 1 atom stereocenters. The summed E-state index contributed by atoms with van der Waals surface area (Å²) in [5, 5.41) is 3.06. The topological polar surface area (TPSA) is 92.3 Å². The van der Waals surface area contributed by atoms with Crippen LogP contribution in [0.5, 0.6) is 0 Å². The summed E-state index contributed by atoms with van der Waals surface area (Å²) in [6.45, 7) is 4.57. The van der Waals surface area contributed by atoms with E-state index >= 15 is 0 Å². The molecule has 1 N–H and O–H groups in total. The fourth-order valence-corrected chi connectivity index (χ4v) is 6.21. The molecule has 0 bridgehead atoms. The Bertz CT molecular complexity index is 1190. The van der Waals surface area contributed by atoms with Gasteiger partial charge in [-0.3, -0.25) is 4.79 Å². The van der Waals surface area contributed by atoms with Crippen LogP contribution in [0.4, 0.5) is 5.69 Å². The molecular weight excluding hydrogens is 420 g/mol. The largest absolute Gasteiger partial charge is 0.325 e. The highest BCUT2D eigenvalue weighted by atomic mass is 32.2. The predicted octanol–water partition coefficient (Wildman–Crippen LogP) is 3.60. The van der Waals surface area contributed by atoms with E-state index in [4.69, 9.17) is 0 Å². The van der Waals surface area contributed by atoms with Crippen molar-refractivity contribution < 1.29 is 13.2 Å². The molecule has 9 heteroatoms. The van der Waals surface area contributed by atoms with Crippen LogP contribution in [0, 0.1) is 12.8 Å². The van der Waals surface area contributed by atoms with Crippen molar-refractivity contribution >= 4 is 44.4 Å². The molecule has 0 radical (unpaired) electrons. The zero-order valence-electron chi connectivity index (χ0n) is 17.0. The molecule has 2 aromatic carbocycles. The molecule has 1 amide bonds. The number of benzene rings is 2. The van der Waals surface area contributed by atoms with Gasteiger partial charge in [-0.1, -0.05) is 31.2 Å². The Morgan fingerprint density at radius 3 is 2.83 bits per heavy atom. The van der Waals surface area contributed by atoms with Crippen LogP contribution in [0.3, 0.4) is 0 Å². The molecule has 3 aromatic rings. The molecule has 1 aliphatic heterocycles. The minimum absolute atomic E-state index is 0.132. The SMILES string of the molecule is CCc1cccc(C)c1NC(=O)[C@@H]1CCCN(S(=O)(=O)c2cccc3nsnc23)C1. The monoisotopic (exact) mass is 444 g/mol. The van der Waals surface area contributed by atoms with Gasteiger partial charge in [-0.2, -0.15) is 13.1 Å². The minimum Gasteiger partial charge on any atom is -0.325 e. The van der Waals surface area contributed by atoms with Crippen molar-refractivity contribution in [3.63, 3.8) is 0 Å². The Kier molecular flexibility index (Phi) is 5.86. The van der Waals surface area contributed by atoms with Crippen LogP contribution in [0.2, 0.25) is 0 Å². The number of para-hydroxylation sites is 1. The number of aryl methyl sites for hydroxylation is 2. The van der Waals surface area contributed by atoms with Gasteiger partial charge in [0, 0.05) is 18.8 Å². The standard InChI is InChI=1S/C21H24N4O3S2/c1-3-15-8-4-7-14(2)19(15)22-21(26)16-9-6-12-25(13-16)30(27,28)18-11-5-10-17-20(18)24-29-23-17/h4-5,7-8,10-11,16H,3,6,9,12-13H2,1-2H3,(H,22,26)/t16-/m1/s1. The van der Waals surface area contributed by atoms with Gasteiger partial charge in [-0.05, 0) is 49.4 Å². The molecule has 30 heavy (non-hydrogen) atoms. The quantitative estimate of drug-likeness (QED) is 0.649. The van der Waals surface area contributed by atoms with Gasteiger partial charge in [0.05, 0.1) is 17.6 Å². The minimum atomic E-state index is -3.76. The van der Waals surface area contributed by atoms with E-state index in [0.29, 0.717) is 30.4 Å². The summed E-state index contributed by atoms with van der Waals surface area (Å²) in [6, 6.07) is 10.9. The van der Waals surface area contributed by atoms with E-state index in [1.807, 2.05) is 32.0 Å². The first-order valence-corrected chi connectivity index (χ1v) is 12.2. The summed E-state index contributed by atoms with van der Waals surface area (Å²) in [5.41, 5.74) is 3.88. The van der Waals surface area contributed by atoms with Crippen LogP contribution in [0.25, 0.3) is 11.0 Å². The number of carbonyl (C=O) groups is 1. The second kappa shape index (κ2) is 8.41. The first-order chi connectivity index (χ1) is 14.4. The molecule has 0 saturated carbocycles. The van der Waals surface area contributed by atoms with Crippen molar-refractivity contribution in [1.29, 1.82) is 0 Å². The van der Waals surface area contributed by atoms with Gasteiger partial charge in [0.1, 0.15) is 15.9 Å². The molecule has 1 fully saturated rings. The Balaban J connectivity index is 1.56. The average molecular weight is 445 g/mol. The third kappa shape index (κ3) is 3.84. The Hall–Kier alpha value is -2.36. The van der Waals surface area contributed by atoms with Gasteiger partial charge in [0.15, 0.2) is 0 Å². The summed E-state index contributed by atoms with van der Waals surface area (Å²) >= 11 is 0.994. The number of hydrogen-bond donors (Lipinski definition) is 1.